The van der Waals surface area contributed by atoms with Crippen LogP contribution in [0.25, 0.3) is 0 Å². The molecular formula is C13H11ClN2O4S. The third-order valence-electron chi connectivity index (χ3n) is 2.86. The summed E-state index contributed by atoms with van der Waals surface area (Å²) in [6.45, 7) is 0. The molecule has 2 aromatic rings. The maximum atomic E-state index is 12.3. The highest BCUT2D eigenvalue weighted by Crippen LogP contribution is 2.30. The second-order valence-electron chi connectivity index (χ2n) is 4.32. The van der Waals surface area contributed by atoms with E-state index in [1.165, 1.54) is 42.5 Å². The van der Waals surface area contributed by atoms with Crippen molar-refractivity contribution in [2.24, 2.45) is 0 Å². The first kappa shape index (κ1) is 15.3. The topological polar surface area (TPSA) is 103 Å². The molecule has 0 saturated carbocycles. The molecule has 2 rings (SSSR count). The maximum Gasteiger partial charge on any atom is 0.275 e. The van der Waals surface area contributed by atoms with Gasteiger partial charge in [0.2, 0.25) is 0 Å². The van der Waals surface area contributed by atoms with E-state index in [4.69, 9.17) is 17.3 Å². The van der Waals surface area contributed by atoms with Crippen LogP contribution in [0.15, 0.2) is 47.4 Å². The summed E-state index contributed by atoms with van der Waals surface area (Å²) in [5, 5.41) is 11.0. The smallest absolute Gasteiger partial charge is 0.275 e. The third-order valence-corrected chi connectivity index (χ3v) is 4.88. The summed E-state index contributed by atoms with van der Waals surface area (Å²) in [5.74, 6) is -0.549. The number of hydrogen-bond donors (Lipinski definition) is 1. The predicted molar refractivity (Wildman–Crippen MR) is 79.9 cm³/mol. The molecule has 110 valence electrons. The number of nitrogens with zero attached hydrogens (tertiary/aromatic N) is 1. The zero-order valence-electron chi connectivity index (χ0n) is 10.7. The van der Waals surface area contributed by atoms with Gasteiger partial charge >= 0.3 is 0 Å². The van der Waals surface area contributed by atoms with E-state index in [-0.39, 0.29) is 21.2 Å². The zero-order valence-corrected chi connectivity index (χ0v) is 12.3. The van der Waals surface area contributed by atoms with E-state index >= 15 is 0 Å². The van der Waals surface area contributed by atoms with E-state index < -0.39 is 20.5 Å². The molecule has 21 heavy (non-hydrogen) atoms. The number of rotatable bonds is 4. The Hall–Kier alpha value is -2.12. The molecule has 0 aliphatic rings. The molecule has 0 amide bonds. The molecular weight excluding hydrogens is 316 g/mol. The van der Waals surface area contributed by atoms with Crippen molar-refractivity contribution in [3.05, 3.63) is 63.2 Å². The van der Waals surface area contributed by atoms with E-state index in [0.717, 1.165) is 0 Å². The van der Waals surface area contributed by atoms with Crippen LogP contribution in [0, 0.1) is 10.1 Å². The lowest BCUT2D eigenvalue weighted by molar-refractivity contribution is -0.385. The Kier molecular flexibility index (Phi) is 4.15. The van der Waals surface area contributed by atoms with Gasteiger partial charge in [-0.15, -0.1) is 0 Å². The highest BCUT2D eigenvalue weighted by atomic mass is 35.5. The largest absolute Gasteiger partial charge is 0.399 e. The van der Waals surface area contributed by atoms with Gasteiger partial charge in [-0.1, -0.05) is 17.7 Å². The summed E-state index contributed by atoms with van der Waals surface area (Å²) in [4.78, 5) is 10.4. The molecule has 0 bridgehead atoms. The quantitative estimate of drug-likeness (QED) is 0.528. The van der Waals surface area contributed by atoms with Gasteiger partial charge in [0, 0.05) is 11.8 Å². The van der Waals surface area contributed by atoms with E-state index in [1.54, 1.807) is 0 Å². The lowest BCUT2D eigenvalue weighted by atomic mass is 10.2. The van der Waals surface area contributed by atoms with Crippen molar-refractivity contribution in [2.45, 2.75) is 10.6 Å². The number of nitro benzene ring substituents is 1. The van der Waals surface area contributed by atoms with Crippen molar-refractivity contribution < 1.29 is 13.3 Å². The minimum atomic E-state index is -3.75. The Labute approximate surface area is 126 Å². The van der Waals surface area contributed by atoms with Gasteiger partial charge in [-0.2, -0.15) is 0 Å². The summed E-state index contributed by atoms with van der Waals surface area (Å²) < 4.78 is 24.6. The second-order valence-corrected chi connectivity index (χ2v) is 6.72. The normalized spacial score (nSPS) is 11.3. The number of halogens is 1. The summed E-state index contributed by atoms with van der Waals surface area (Å²) in [5.41, 5.74) is 5.59. The molecule has 0 radical (unpaired) electrons. The van der Waals surface area contributed by atoms with Gasteiger partial charge in [0.25, 0.3) is 5.69 Å². The predicted octanol–water partition coefficient (Wildman–Crippen LogP) is 2.80. The van der Waals surface area contributed by atoms with Gasteiger partial charge in [-0.3, -0.25) is 10.1 Å². The summed E-state index contributed by atoms with van der Waals surface area (Å²) in [6.07, 6.45) is 0. The van der Waals surface area contributed by atoms with Gasteiger partial charge < -0.3 is 5.73 Å². The zero-order chi connectivity index (χ0) is 15.6. The fraction of sp³-hybridized carbons (Fsp3) is 0.0769. The molecule has 0 heterocycles. The molecule has 0 spiro atoms. The number of hydrogen-bond acceptors (Lipinski definition) is 5. The van der Waals surface area contributed by atoms with Crippen LogP contribution in [-0.2, 0) is 15.6 Å². The molecule has 8 heteroatoms. The second kappa shape index (κ2) is 5.71. The molecule has 0 unspecified atom stereocenters. The van der Waals surface area contributed by atoms with Gasteiger partial charge in [-0.05, 0) is 30.3 Å². The maximum absolute atomic E-state index is 12.3. The number of benzene rings is 2. The standard InChI is InChI=1S/C13H11ClN2O4S/c14-12-2-1-3-13(16(17)18)11(12)8-21(19,20)10-6-4-9(15)5-7-10/h1-7H,8,15H2. The fourth-order valence-electron chi connectivity index (χ4n) is 1.81. The molecule has 2 N–H and O–H groups in total. The minimum Gasteiger partial charge on any atom is -0.399 e. The van der Waals surface area contributed by atoms with E-state index in [2.05, 4.69) is 0 Å². The summed E-state index contributed by atoms with van der Waals surface area (Å²) in [6, 6.07) is 9.66. The van der Waals surface area contributed by atoms with Crippen LogP contribution < -0.4 is 5.73 Å². The van der Waals surface area contributed by atoms with Gasteiger partial charge in [0.05, 0.1) is 26.2 Å². The molecule has 0 aliphatic heterocycles. The first-order valence-corrected chi connectivity index (χ1v) is 7.84. The highest BCUT2D eigenvalue weighted by molar-refractivity contribution is 7.90. The van der Waals surface area contributed by atoms with Crippen LogP contribution in [0.2, 0.25) is 5.02 Å². The summed E-state index contributed by atoms with van der Waals surface area (Å²) >= 11 is 5.90. The van der Waals surface area contributed by atoms with Crippen molar-refractivity contribution in [2.75, 3.05) is 5.73 Å². The van der Waals surface area contributed by atoms with Crippen molar-refractivity contribution in [1.82, 2.24) is 0 Å². The highest BCUT2D eigenvalue weighted by Gasteiger charge is 2.24. The van der Waals surface area contributed by atoms with Crippen molar-refractivity contribution in [1.29, 1.82) is 0 Å². The Morgan fingerprint density at radius 2 is 1.76 bits per heavy atom. The molecule has 0 aromatic heterocycles. The Balaban J connectivity index is 2.46. The molecule has 0 saturated heterocycles. The molecule has 0 fully saturated rings. The Morgan fingerprint density at radius 1 is 1.14 bits per heavy atom. The van der Waals surface area contributed by atoms with Crippen molar-refractivity contribution >= 4 is 32.8 Å². The Morgan fingerprint density at radius 3 is 2.33 bits per heavy atom. The van der Waals surface area contributed by atoms with E-state index in [0.29, 0.717) is 5.69 Å². The minimum absolute atomic E-state index is 0.0269. The van der Waals surface area contributed by atoms with Crippen molar-refractivity contribution in [3.8, 4) is 0 Å². The molecule has 2 aromatic carbocycles. The SMILES string of the molecule is Nc1ccc(S(=O)(=O)Cc2c(Cl)cccc2[N+](=O)[O-])cc1. The first-order chi connectivity index (χ1) is 9.81. The number of sulfone groups is 1. The van der Waals surface area contributed by atoms with Gasteiger partial charge in [-0.25, -0.2) is 8.42 Å². The molecule has 0 aliphatic carbocycles. The van der Waals surface area contributed by atoms with Crippen LogP contribution in [0.1, 0.15) is 5.56 Å². The monoisotopic (exact) mass is 326 g/mol. The first-order valence-electron chi connectivity index (χ1n) is 5.81. The number of nitrogen functional groups attached to an aromatic ring is 1. The van der Waals surface area contributed by atoms with Crippen LogP contribution >= 0.6 is 11.6 Å². The van der Waals surface area contributed by atoms with E-state index in [1.807, 2.05) is 0 Å². The van der Waals surface area contributed by atoms with Crippen molar-refractivity contribution in [3.63, 3.8) is 0 Å². The number of anilines is 1. The average Bonchev–Trinajstić information content (AvgIpc) is 2.41. The van der Waals surface area contributed by atoms with E-state index in [9.17, 15) is 18.5 Å². The molecule has 6 nitrogen and oxygen atoms in total. The fourth-order valence-corrected chi connectivity index (χ4v) is 3.53. The van der Waals surface area contributed by atoms with Crippen LogP contribution in [0.5, 0.6) is 0 Å². The van der Waals surface area contributed by atoms with Crippen LogP contribution in [0.4, 0.5) is 11.4 Å². The Bertz CT molecular complexity index is 788. The number of nitro groups is 1. The lowest BCUT2D eigenvalue weighted by Gasteiger charge is -2.07. The van der Waals surface area contributed by atoms with Gasteiger partial charge in [0.1, 0.15) is 0 Å². The summed E-state index contributed by atoms with van der Waals surface area (Å²) in [7, 11) is -3.75. The van der Waals surface area contributed by atoms with Gasteiger partial charge in [0.15, 0.2) is 9.84 Å². The van der Waals surface area contributed by atoms with Crippen LogP contribution in [-0.4, -0.2) is 13.3 Å². The average molecular weight is 327 g/mol. The van der Waals surface area contributed by atoms with Crippen LogP contribution in [0.3, 0.4) is 0 Å². The number of nitrogens with two attached hydrogens (primary N) is 1. The third kappa shape index (κ3) is 3.32. The lowest BCUT2D eigenvalue weighted by Crippen LogP contribution is -2.07. The molecule has 0 atom stereocenters.